The highest BCUT2D eigenvalue weighted by Gasteiger charge is 2.48. The van der Waals surface area contributed by atoms with Crippen molar-refractivity contribution in [3.63, 3.8) is 0 Å². The van der Waals surface area contributed by atoms with Crippen LogP contribution >= 0.6 is 11.3 Å². The van der Waals surface area contributed by atoms with Gasteiger partial charge in [-0.3, -0.25) is 14.5 Å². The predicted octanol–water partition coefficient (Wildman–Crippen LogP) is 7.21. The number of aliphatic hydroxyl groups excluding tert-OH is 1. The van der Waals surface area contributed by atoms with E-state index in [4.69, 9.17) is 14.5 Å². The fraction of sp³-hybridized carbons (Fsp3) is 0.147. The first-order chi connectivity index (χ1) is 20.4. The third kappa shape index (κ3) is 5.24. The van der Waals surface area contributed by atoms with E-state index in [-0.39, 0.29) is 11.3 Å². The Hall–Kier alpha value is -4.95. The van der Waals surface area contributed by atoms with Gasteiger partial charge in [0, 0.05) is 5.56 Å². The minimum absolute atomic E-state index is 0.0120. The Bertz CT molecular complexity index is 1810. The third-order valence-corrected chi connectivity index (χ3v) is 8.06. The summed E-state index contributed by atoms with van der Waals surface area (Å²) in [5.41, 5.74) is 3.84. The van der Waals surface area contributed by atoms with Crippen LogP contribution in [0.25, 0.3) is 16.0 Å². The number of amides is 1. The van der Waals surface area contributed by atoms with Crippen LogP contribution in [-0.4, -0.2) is 28.4 Å². The van der Waals surface area contributed by atoms with Gasteiger partial charge in [0.05, 0.1) is 28.4 Å². The van der Waals surface area contributed by atoms with Crippen LogP contribution in [0.4, 0.5) is 5.13 Å². The number of aryl methyl sites for hydroxylation is 1. The lowest BCUT2D eigenvalue weighted by Gasteiger charge is -2.23. The lowest BCUT2D eigenvalue weighted by Crippen LogP contribution is -2.29. The van der Waals surface area contributed by atoms with Crippen LogP contribution in [-0.2, 0) is 16.2 Å². The summed E-state index contributed by atoms with van der Waals surface area (Å²) < 4.78 is 12.5. The molecule has 6 rings (SSSR count). The zero-order chi connectivity index (χ0) is 29.2. The van der Waals surface area contributed by atoms with Crippen molar-refractivity contribution in [2.24, 2.45) is 0 Å². The van der Waals surface area contributed by atoms with Gasteiger partial charge in [0.15, 0.2) is 5.13 Å². The number of carbonyl (C=O) groups excluding carboxylic acids is 2. The topological polar surface area (TPSA) is 89.0 Å². The van der Waals surface area contributed by atoms with Crippen LogP contribution in [0.2, 0.25) is 0 Å². The van der Waals surface area contributed by atoms with E-state index in [1.165, 1.54) is 16.2 Å². The largest absolute Gasteiger partial charge is 0.507 e. The van der Waals surface area contributed by atoms with Crippen molar-refractivity contribution in [2.45, 2.75) is 26.5 Å². The van der Waals surface area contributed by atoms with Gasteiger partial charge >= 0.3 is 5.91 Å². The molecule has 1 unspecified atom stereocenters. The molecule has 1 aromatic heterocycles. The van der Waals surface area contributed by atoms with E-state index in [1.807, 2.05) is 74.5 Å². The first-order valence-electron chi connectivity index (χ1n) is 13.6. The number of benzene rings is 4. The Labute approximate surface area is 247 Å². The van der Waals surface area contributed by atoms with E-state index in [1.54, 1.807) is 36.4 Å². The molecule has 1 saturated heterocycles. The molecule has 1 fully saturated rings. The molecule has 1 atom stereocenters. The number of Topliss-reactive ketones (excluding diaryl/α,β-unsaturated/α-hetero) is 1. The van der Waals surface area contributed by atoms with Gasteiger partial charge in [0.2, 0.25) is 0 Å². The van der Waals surface area contributed by atoms with E-state index in [2.05, 4.69) is 0 Å². The molecule has 1 amide bonds. The first kappa shape index (κ1) is 27.2. The number of hydrogen-bond acceptors (Lipinski definition) is 7. The number of aromatic nitrogens is 1. The maximum Gasteiger partial charge on any atom is 0.301 e. The van der Waals surface area contributed by atoms with Crippen molar-refractivity contribution < 1.29 is 24.2 Å². The fourth-order valence-electron chi connectivity index (χ4n) is 5.01. The van der Waals surface area contributed by atoms with E-state index in [0.717, 1.165) is 21.3 Å². The summed E-state index contributed by atoms with van der Waals surface area (Å²) in [6, 6.07) is 28.9. The second-order valence-electron chi connectivity index (χ2n) is 9.94. The maximum absolute atomic E-state index is 13.6. The average molecular weight is 577 g/mol. The molecule has 2 heterocycles. The van der Waals surface area contributed by atoms with Crippen molar-refractivity contribution >= 4 is 44.1 Å². The summed E-state index contributed by atoms with van der Waals surface area (Å²) in [5.74, 6) is -0.612. The van der Waals surface area contributed by atoms with Crippen LogP contribution in [0, 0.1) is 6.92 Å². The summed E-state index contributed by atoms with van der Waals surface area (Å²) in [7, 11) is 0. The number of rotatable bonds is 8. The van der Waals surface area contributed by atoms with Gasteiger partial charge in [-0.1, -0.05) is 72.0 Å². The number of aliphatic hydroxyl groups is 1. The Morgan fingerprint density at radius 2 is 1.69 bits per heavy atom. The quantitative estimate of drug-likeness (QED) is 0.119. The van der Waals surface area contributed by atoms with Gasteiger partial charge in [-0.15, -0.1) is 0 Å². The zero-order valence-corrected chi connectivity index (χ0v) is 23.9. The molecule has 0 radical (unpaired) electrons. The summed E-state index contributed by atoms with van der Waals surface area (Å²) in [6.07, 6.45) is 0. The van der Waals surface area contributed by atoms with E-state index < -0.39 is 17.7 Å². The number of anilines is 1. The lowest BCUT2D eigenvalue weighted by atomic mass is 9.95. The SMILES string of the molecule is CCOc1cccc(/C(O)=C2\C(=O)C(=O)N(c3nc4ccc(C)cc4s3)C2c2ccc(OCc3ccccc3)cc2)c1. The van der Waals surface area contributed by atoms with Crippen LogP contribution in [0.5, 0.6) is 11.5 Å². The van der Waals surface area contributed by atoms with Crippen LogP contribution < -0.4 is 14.4 Å². The molecule has 5 aromatic rings. The minimum atomic E-state index is -0.898. The van der Waals surface area contributed by atoms with E-state index >= 15 is 0 Å². The number of hydrogen-bond donors (Lipinski definition) is 1. The standard InChI is InChI=1S/C34H28N2O5S/c1-3-40-26-11-7-10-24(19-26)31(37)29-30(23-13-15-25(16-14-23)41-20-22-8-5-4-6-9-22)36(33(39)32(29)38)34-35-27-17-12-21(2)18-28(27)42-34/h4-19,30,37H,3,20H2,1-2H3/b31-29+. The van der Waals surface area contributed by atoms with Gasteiger partial charge in [-0.05, 0) is 66.9 Å². The fourth-order valence-corrected chi connectivity index (χ4v) is 6.10. The number of fused-ring (bicyclic) bond motifs is 1. The van der Waals surface area contributed by atoms with E-state index in [0.29, 0.717) is 41.0 Å². The van der Waals surface area contributed by atoms with Crippen LogP contribution in [0.3, 0.4) is 0 Å². The molecule has 1 aliphatic rings. The van der Waals surface area contributed by atoms with Crippen LogP contribution in [0.1, 0.15) is 35.2 Å². The van der Waals surface area contributed by atoms with Crippen molar-refractivity contribution in [1.82, 2.24) is 4.98 Å². The van der Waals surface area contributed by atoms with Gasteiger partial charge in [-0.25, -0.2) is 4.98 Å². The minimum Gasteiger partial charge on any atom is -0.507 e. The average Bonchev–Trinajstić information content (AvgIpc) is 3.54. The van der Waals surface area contributed by atoms with Crippen molar-refractivity contribution in [2.75, 3.05) is 11.5 Å². The summed E-state index contributed by atoms with van der Waals surface area (Å²) in [5, 5.41) is 11.9. The summed E-state index contributed by atoms with van der Waals surface area (Å²) >= 11 is 1.33. The smallest absolute Gasteiger partial charge is 0.301 e. The number of ether oxygens (including phenoxy) is 2. The molecular weight excluding hydrogens is 548 g/mol. The third-order valence-electron chi connectivity index (χ3n) is 7.05. The molecule has 1 N–H and O–H groups in total. The maximum atomic E-state index is 13.6. The second-order valence-corrected chi connectivity index (χ2v) is 10.9. The Balaban J connectivity index is 1.43. The highest BCUT2D eigenvalue weighted by Crippen LogP contribution is 2.44. The molecule has 0 bridgehead atoms. The van der Waals surface area contributed by atoms with Gasteiger partial charge in [-0.2, -0.15) is 0 Å². The van der Waals surface area contributed by atoms with Crippen LogP contribution in [0.15, 0.2) is 103 Å². The number of thiazole rings is 1. The normalized spacial score (nSPS) is 16.2. The lowest BCUT2D eigenvalue weighted by molar-refractivity contribution is -0.132. The van der Waals surface area contributed by atoms with Gasteiger partial charge in [0.1, 0.15) is 23.9 Å². The number of carbonyl (C=O) groups is 2. The highest BCUT2D eigenvalue weighted by molar-refractivity contribution is 7.22. The molecule has 8 heteroatoms. The molecule has 1 aliphatic heterocycles. The zero-order valence-electron chi connectivity index (χ0n) is 23.1. The second kappa shape index (κ2) is 11.5. The highest BCUT2D eigenvalue weighted by atomic mass is 32.1. The summed E-state index contributed by atoms with van der Waals surface area (Å²) in [6.45, 7) is 4.71. The Morgan fingerprint density at radius 3 is 2.45 bits per heavy atom. The summed E-state index contributed by atoms with van der Waals surface area (Å²) in [4.78, 5) is 33.3. The Kier molecular flexibility index (Phi) is 7.46. The van der Waals surface area contributed by atoms with Crippen molar-refractivity contribution in [1.29, 1.82) is 0 Å². The number of nitrogens with zero attached hydrogens (tertiary/aromatic N) is 2. The van der Waals surface area contributed by atoms with Gasteiger partial charge < -0.3 is 14.6 Å². The van der Waals surface area contributed by atoms with Crippen molar-refractivity contribution in [3.05, 3.63) is 125 Å². The molecule has 7 nitrogen and oxygen atoms in total. The van der Waals surface area contributed by atoms with Gasteiger partial charge in [0.25, 0.3) is 5.78 Å². The number of ketones is 1. The molecular formula is C34H28N2O5S. The molecule has 0 spiro atoms. The molecule has 42 heavy (non-hydrogen) atoms. The molecule has 210 valence electrons. The first-order valence-corrected chi connectivity index (χ1v) is 14.4. The predicted molar refractivity (Wildman–Crippen MR) is 164 cm³/mol. The monoisotopic (exact) mass is 576 g/mol. The molecule has 4 aromatic carbocycles. The van der Waals surface area contributed by atoms with E-state index in [9.17, 15) is 14.7 Å². The Morgan fingerprint density at radius 1 is 0.905 bits per heavy atom. The van der Waals surface area contributed by atoms with Crippen molar-refractivity contribution in [3.8, 4) is 11.5 Å². The molecule has 0 saturated carbocycles. The molecule has 0 aliphatic carbocycles.